The van der Waals surface area contributed by atoms with Gasteiger partial charge in [-0.05, 0) is 19.3 Å². The summed E-state index contributed by atoms with van der Waals surface area (Å²) in [6, 6.07) is 1.01. The number of rotatable bonds is 6. The van der Waals surface area contributed by atoms with Gasteiger partial charge in [-0.1, -0.05) is 26.2 Å². The predicted molar refractivity (Wildman–Crippen MR) is 109 cm³/mol. The van der Waals surface area contributed by atoms with Crippen LogP contribution in [0.5, 0.6) is 0 Å². The highest BCUT2D eigenvalue weighted by Gasteiger charge is 2.21. The van der Waals surface area contributed by atoms with Crippen LogP contribution in [-0.4, -0.2) is 57.1 Å². The summed E-state index contributed by atoms with van der Waals surface area (Å²) in [7, 11) is 0. The first-order valence-corrected chi connectivity index (χ1v) is 10.2. The summed E-state index contributed by atoms with van der Waals surface area (Å²) in [5.41, 5.74) is 2.38. The fraction of sp³-hybridized carbons (Fsp3) is 0.700. The molecule has 1 saturated heterocycles. The molecule has 4 rings (SSSR count). The molecule has 1 atom stereocenters. The number of morpholine rings is 1. The van der Waals surface area contributed by atoms with E-state index >= 15 is 0 Å². The molecular formula is C20H32ClN5O. The first-order chi connectivity index (χ1) is 12.8. The largest absolute Gasteiger partial charge is 0.379 e. The average molecular weight is 394 g/mol. The fourth-order valence-electron chi connectivity index (χ4n) is 4.33. The molecule has 27 heavy (non-hydrogen) atoms. The van der Waals surface area contributed by atoms with Crippen molar-refractivity contribution in [2.75, 3.05) is 32.8 Å². The van der Waals surface area contributed by atoms with E-state index in [2.05, 4.69) is 37.4 Å². The zero-order valence-electron chi connectivity index (χ0n) is 16.3. The summed E-state index contributed by atoms with van der Waals surface area (Å²) < 4.78 is 10.0. The van der Waals surface area contributed by atoms with Crippen LogP contribution in [0.3, 0.4) is 0 Å². The fourth-order valence-corrected chi connectivity index (χ4v) is 4.33. The second-order valence-electron chi connectivity index (χ2n) is 7.66. The molecular weight excluding hydrogens is 362 g/mol. The van der Waals surface area contributed by atoms with E-state index in [9.17, 15) is 0 Å². The van der Waals surface area contributed by atoms with Gasteiger partial charge in [0.15, 0.2) is 0 Å². The Hall–Kier alpha value is -1.37. The normalized spacial score (nSPS) is 20.3. The molecule has 0 N–H and O–H groups in total. The summed E-state index contributed by atoms with van der Waals surface area (Å²) in [5, 5.41) is 4.69. The summed E-state index contributed by atoms with van der Waals surface area (Å²) in [6.45, 7) is 7.07. The molecule has 0 amide bonds. The lowest BCUT2D eigenvalue weighted by molar-refractivity contribution is 0.0313. The van der Waals surface area contributed by atoms with Crippen molar-refractivity contribution in [2.24, 2.45) is 0 Å². The van der Waals surface area contributed by atoms with Crippen molar-refractivity contribution >= 4 is 12.4 Å². The van der Waals surface area contributed by atoms with E-state index in [1.54, 1.807) is 0 Å². The van der Waals surface area contributed by atoms with Crippen LogP contribution < -0.4 is 0 Å². The van der Waals surface area contributed by atoms with E-state index in [-0.39, 0.29) is 12.4 Å². The number of aromatic nitrogens is 4. The van der Waals surface area contributed by atoms with Crippen molar-refractivity contribution in [1.82, 2.24) is 24.2 Å². The average Bonchev–Trinajstić information content (AvgIpc) is 3.37. The lowest BCUT2D eigenvalue weighted by Gasteiger charge is -2.31. The molecule has 0 bridgehead atoms. The summed E-state index contributed by atoms with van der Waals surface area (Å²) in [4.78, 5) is 6.97. The van der Waals surface area contributed by atoms with Gasteiger partial charge in [0.1, 0.15) is 0 Å². The first-order valence-electron chi connectivity index (χ1n) is 10.2. The van der Waals surface area contributed by atoms with Crippen molar-refractivity contribution in [3.63, 3.8) is 0 Å². The maximum absolute atomic E-state index is 5.49. The standard InChI is InChI=1S/C20H31N5O.ClH/c1-2-18(15-23-8-10-26-11-9-23)24-16-21-13-20(24)17-12-22-25(14-17)19-6-4-3-5-7-19;/h12-14,16,18-19H,2-11,15H2,1H3;1H. The van der Waals surface area contributed by atoms with Crippen LogP contribution in [0.4, 0.5) is 0 Å². The molecule has 2 aromatic heterocycles. The Bertz CT molecular complexity index is 688. The Morgan fingerprint density at radius 3 is 2.67 bits per heavy atom. The second kappa shape index (κ2) is 9.71. The predicted octanol–water partition coefficient (Wildman–Crippen LogP) is 3.96. The molecule has 0 radical (unpaired) electrons. The van der Waals surface area contributed by atoms with Gasteiger partial charge < -0.3 is 9.30 Å². The first kappa shape index (κ1) is 20.4. The lowest BCUT2D eigenvalue weighted by Crippen LogP contribution is -2.39. The smallest absolute Gasteiger partial charge is 0.0954 e. The molecule has 6 nitrogen and oxygen atoms in total. The SMILES string of the molecule is CCC(CN1CCOCC1)n1cncc1-c1cnn(C2CCCCC2)c1.Cl. The third-order valence-corrected chi connectivity index (χ3v) is 5.95. The Balaban J connectivity index is 0.00000210. The van der Waals surface area contributed by atoms with Gasteiger partial charge in [-0.15, -0.1) is 12.4 Å². The van der Waals surface area contributed by atoms with Crippen molar-refractivity contribution in [3.8, 4) is 11.3 Å². The van der Waals surface area contributed by atoms with Gasteiger partial charge in [-0.25, -0.2) is 4.98 Å². The number of hydrogen-bond acceptors (Lipinski definition) is 4. The van der Waals surface area contributed by atoms with Crippen LogP contribution in [0.1, 0.15) is 57.5 Å². The second-order valence-corrected chi connectivity index (χ2v) is 7.66. The number of hydrogen-bond donors (Lipinski definition) is 0. The Labute approximate surface area is 168 Å². The number of imidazole rings is 1. The van der Waals surface area contributed by atoms with Crippen molar-refractivity contribution < 1.29 is 4.74 Å². The van der Waals surface area contributed by atoms with E-state index < -0.39 is 0 Å². The minimum atomic E-state index is 0. The third-order valence-electron chi connectivity index (χ3n) is 5.95. The Morgan fingerprint density at radius 1 is 1.15 bits per heavy atom. The molecule has 0 spiro atoms. The van der Waals surface area contributed by atoms with Gasteiger partial charge in [0.25, 0.3) is 0 Å². The molecule has 2 fully saturated rings. The molecule has 1 unspecified atom stereocenters. The molecule has 1 aliphatic heterocycles. The van der Waals surface area contributed by atoms with Gasteiger partial charge in [0.05, 0.1) is 43.7 Å². The third kappa shape index (κ3) is 4.73. The molecule has 7 heteroatoms. The zero-order chi connectivity index (χ0) is 17.8. The molecule has 150 valence electrons. The summed E-state index contributed by atoms with van der Waals surface area (Å²) in [6.07, 6.45) is 15.9. The van der Waals surface area contributed by atoms with Crippen molar-refractivity contribution in [2.45, 2.75) is 57.5 Å². The molecule has 1 aliphatic carbocycles. The van der Waals surface area contributed by atoms with Crippen LogP contribution in [0.2, 0.25) is 0 Å². The zero-order valence-corrected chi connectivity index (χ0v) is 17.1. The van der Waals surface area contributed by atoms with Crippen LogP contribution in [0.25, 0.3) is 11.3 Å². The topological polar surface area (TPSA) is 48.1 Å². The van der Waals surface area contributed by atoms with E-state index in [1.165, 1.54) is 43.4 Å². The van der Waals surface area contributed by atoms with Crippen LogP contribution in [0.15, 0.2) is 24.9 Å². The highest BCUT2D eigenvalue weighted by molar-refractivity contribution is 5.85. The molecule has 1 saturated carbocycles. The minimum Gasteiger partial charge on any atom is -0.379 e. The summed E-state index contributed by atoms with van der Waals surface area (Å²) in [5.74, 6) is 0. The maximum Gasteiger partial charge on any atom is 0.0954 e. The quantitative estimate of drug-likeness (QED) is 0.745. The van der Waals surface area contributed by atoms with E-state index in [1.807, 2.05) is 18.7 Å². The highest BCUT2D eigenvalue weighted by Crippen LogP contribution is 2.30. The van der Waals surface area contributed by atoms with E-state index in [0.29, 0.717) is 12.1 Å². The number of halogens is 1. The van der Waals surface area contributed by atoms with Crippen molar-refractivity contribution in [1.29, 1.82) is 0 Å². The van der Waals surface area contributed by atoms with Crippen LogP contribution >= 0.6 is 12.4 Å². The lowest BCUT2D eigenvalue weighted by atomic mass is 9.96. The Kier molecular flexibility index (Phi) is 7.33. The van der Waals surface area contributed by atoms with Gasteiger partial charge in [0.2, 0.25) is 0 Å². The van der Waals surface area contributed by atoms with Gasteiger partial charge in [0, 0.05) is 37.4 Å². The molecule has 3 heterocycles. The van der Waals surface area contributed by atoms with Crippen LogP contribution in [0, 0.1) is 0 Å². The number of ether oxygens (including phenoxy) is 1. The molecule has 2 aromatic rings. The molecule has 2 aliphatic rings. The Morgan fingerprint density at radius 2 is 1.93 bits per heavy atom. The van der Waals surface area contributed by atoms with Gasteiger partial charge >= 0.3 is 0 Å². The minimum absolute atomic E-state index is 0. The maximum atomic E-state index is 5.49. The van der Waals surface area contributed by atoms with E-state index in [0.717, 1.165) is 39.3 Å². The van der Waals surface area contributed by atoms with Gasteiger partial charge in [-0.2, -0.15) is 5.10 Å². The van der Waals surface area contributed by atoms with E-state index in [4.69, 9.17) is 4.74 Å². The molecule has 0 aromatic carbocycles. The monoisotopic (exact) mass is 393 g/mol. The summed E-state index contributed by atoms with van der Waals surface area (Å²) >= 11 is 0. The van der Waals surface area contributed by atoms with Crippen molar-refractivity contribution in [3.05, 3.63) is 24.9 Å². The number of nitrogens with zero attached hydrogens (tertiary/aromatic N) is 5. The highest BCUT2D eigenvalue weighted by atomic mass is 35.5. The van der Waals surface area contributed by atoms with Gasteiger partial charge in [-0.3, -0.25) is 9.58 Å². The van der Waals surface area contributed by atoms with Crippen LogP contribution in [-0.2, 0) is 4.74 Å².